The van der Waals surface area contributed by atoms with Crippen molar-refractivity contribution in [3.63, 3.8) is 0 Å². The lowest BCUT2D eigenvalue weighted by molar-refractivity contribution is -0.109. The standard InChI is InChI=1S/C54H78N16O8/c1-31(2)23-68(20-10-19-57-50(74)63-35-15-11-33(12-16-35)52(4,5)6)26-38-44(73)54(76,27-77-38)70-30-62-41-46(56)65-39(66-48(41)70)21-53(7,8)34-13-17-36(18-14-34)64-51(75)58-22-32(3)24-67(9)25-37-42(71)43(72)49(78-37)69-29-61-40-45(55)59-28-60-47(40)69/h11-18,28-32,37-38,42-44,49,71-73,76H,10,19-27H2,1-9H3,(H2,55,59,60)(H2,56,65,66)(H2,57,63,74)(H2,58,64,75)/t32?,37-,38-,42-,43-,44-,49-,54-/m1/s1. The molecule has 78 heavy (non-hydrogen) atoms. The van der Waals surface area contributed by atoms with Crippen molar-refractivity contribution in [1.82, 2.24) is 59.5 Å². The van der Waals surface area contributed by atoms with E-state index in [-0.39, 0.29) is 52.8 Å². The summed E-state index contributed by atoms with van der Waals surface area (Å²) in [5, 5.41) is 57.4. The van der Waals surface area contributed by atoms with Gasteiger partial charge < -0.3 is 72.4 Å². The number of hydrogen-bond acceptors (Lipinski definition) is 18. The van der Waals surface area contributed by atoms with Gasteiger partial charge in [-0.2, -0.15) is 0 Å². The van der Waals surface area contributed by atoms with Gasteiger partial charge in [0.25, 0.3) is 0 Å². The van der Waals surface area contributed by atoms with Crippen LogP contribution >= 0.6 is 0 Å². The highest BCUT2D eigenvalue weighted by Gasteiger charge is 2.51. The number of hydrogen-bond donors (Lipinski definition) is 10. The maximum atomic E-state index is 13.0. The van der Waals surface area contributed by atoms with Gasteiger partial charge in [0, 0.05) is 57.1 Å². The molecule has 2 saturated heterocycles. The Morgan fingerprint density at radius 3 is 2.10 bits per heavy atom. The number of nitrogen functional groups attached to an aromatic ring is 2. The Morgan fingerprint density at radius 1 is 0.795 bits per heavy atom. The Balaban J connectivity index is 0.805. The summed E-state index contributed by atoms with van der Waals surface area (Å²) in [7, 11) is 1.88. The quantitative estimate of drug-likeness (QED) is 0.0461. The fourth-order valence-electron chi connectivity index (χ4n) is 10.2. The van der Waals surface area contributed by atoms with Gasteiger partial charge in [0.1, 0.15) is 53.7 Å². The highest BCUT2D eigenvalue weighted by atomic mass is 16.6. The summed E-state index contributed by atoms with van der Waals surface area (Å²) in [5.41, 5.74) is 14.7. The van der Waals surface area contributed by atoms with Crippen LogP contribution in [0.4, 0.5) is 32.6 Å². The molecular weight excluding hydrogens is 1000 g/mol. The molecule has 6 heterocycles. The number of fused-ring (bicyclic) bond motifs is 2. The molecule has 1 unspecified atom stereocenters. The number of ether oxygens (including phenoxy) is 2. The lowest BCUT2D eigenvalue weighted by atomic mass is 9.81. The summed E-state index contributed by atoms with van der Waals surface area (Å²) in [6, 6.07) is 14.7. The molecule has 6 aromatic rings. The summed E-state index contributed by atoms with van der Waals surface area (Å²) in [4.78, 5) is 56.2. The minimum absolute atomic E-state index is 0.0156. The number of likely N-dealkylation sites (N-methyl/N-ethyl adjacent to an activating group) is 1. The zero-order valence-electron chi connectivity index (χ0n) is 46.1. The second kappa shape index (κ2) is 23.8. The van der Waals surface area contributed by atoms with Crippen LogP contribution in [0.5, 0.6) is 0 Å². The average molecular weight is 1080 g/mol. The van der Waals surface area contributed by atoms with Crippen LogP contribution < -0.4 is 32.7 Å². The summed E-state index contributed by atoms with van der Waals surface area (Å²) in [6.45, 7) is 19.9. The SMILES string of the molecule is CC(C)CN(CCCNC(=O)Nc1ccc(C(C)(C)C)cc1)C[C@H]1OC[C@](O)(n2cnc3c(N)nc(CC(C)(C)c4ccc(NC(=O)NCC(C)CN(C)C[C@H]5O[C@@H](n6cnc7c(N)ncnc76)[C@H](O)[C@@H]5O)cc4)nc32)[C@@H]1O. The molecule has 8 rings (SSSR count). The van der Waals surface area contributed by atoms with Crippen LogP contribution in [0.15, 0.2) is 67.5 Å². The summed E-state index contributed by atoms with van der Waals surface area (Å²) in [6.07, 6.45) is -0.919. The molecule has 2 aliphatic rings. The second-order valence-corrected chi connectivity index (χ2v) is 23.1. The van der Waals surface area contributed by atoms with Crippen molar-refractivity contribution in [2.45, 2.75) is 122 Å². The number of carbonyl (C=O) groups excluding carboxylic acids is 2. The largest absolute Gasteiger partial charge is 0.387 e. The van der Waals surface area contributed by atoms with Crippen LogP contribution in [0, 0.1) is 11.8 Å². The Kier molecular flexibility index (Phi) is 17.5. The molecule has 422 valence electrons. The van der Waals surface area contributed by atoms with Gasteiger partial charge in [-0.1, -0.05) is 79.7 Å². The van der Waals surface area contributed by atoms with E-state index in [0.717, 1.165) is 5.56 Å². The van der Waals surface area contributed by atoms with Gasteiger partial charge in [0.2, 0.25) is 0 Å². The van der Waals surface area contributed by atoms with Crippen molar-refractivity contribution < 1.29 is 39.5 Å². The minimum Gasteiger partial charge on any atom is -0.387 e. The fraction of sp³-hybridized carbons (Fsp3) is 0.556. The van der Waals surface area contributed by atoms with Crippen LogP contribution in [0.3, 0.4) is 0 Å². The number of nitrogens with zero attached hydrogens (tertiary/aromatic N) is 10. The maximum absolute atomic E-state index is 13.0. The molecule has 0 spiro atoms. The van der Waals surface area contributed by atoms with Crippen LogP contribution in [-0.2, 0) is 32.4 Å². The lowest BCUT2D eigenvalue weighted by Crippen LogP contribution is -2.49. The molecule has 0 radical (unpaired) electrons. The lowest BCUT2D eigenvalue weighted by Gasteiger charge is -2.31. The van der Waals surface area contributed by atoms with Gasteiger partial charge in [0.15, 0.2) is 34.9 Å². The molecule has 4 aromatic heterocycles. The number of anilines is 4. The average Bonchev–Trinajstić information content (AvgIpc) is 4.27. The Labute approximate surface area is 454 Å². The van der Waals surface area contributed by atoms with Crippen molar-refractivity contribution in [3.8, 4) is 0 Å². The van der Waals surface area contributed by atoms with Crippen molar-refractivity contribution in [3.05, 3.63) is 84.5 Å². The molecule has 4 amide bonds. The first-order valence-corrected chi connectivity index (χ1v) is 26.6. The number of aromatic nitrogens is 8. The molecule has 8 atom stereocenters. The number of benzene rings is 2. The number of urea groups is 2. The predicted molar refractivity (Wildman–Crippen MR) is 296 cm³/mol. The van der Waals surface area contributed by atoms with Gasteiger partial charge in [-0.05, 0) is 78.1 Å². The third-order valence-corrected chi connectivity index (χ3v) is 14.5. The molecule has 12 N–H and O–H groups in total. The first kappa shape index (κ1) is 57.5. The third-order valence-electron chi connectivity index (χ3n) is 14.5. The first-order chi connectivity index (χ1) is 36.9. The van der Waals surface area contributed by atoms with E-state index >= 15 is 0 Å². The number of nitrogens with two attached hydrogens (primary N) is 2. The minimum atomic E-state index is -1.90. The van der Waals surface area contributed by atoms with Crippen molar-refractivity contribution >= 4 is 57.4 Å². The van der Waals surface area contributed by atoms with Gasteiger partial charge in [-0.3, -0.25) is 9.13 Å². The highest BCUT2D eigenvalue weighted by molar-refractivity contribution is 5.90. The van der Waals surface area contributed by atoms with E-state index in [4.69, 9.17) is 25.9 Å². The Bertz CT molecular complexity index is 3000. The summed E-state index contributed by atoms with van der Waals surface area (Å²) in [5.74, 6) is 1.07. The number of rotatable bonds is 21. The Hall–Kier alpha value is -6.64. The van der Waals surface area contributed by atoms with Crippen molar-refractivity contribution in [2.24, 2.45) is 11.8 Å². The number of carbonyl (C=O) groups is 2. The highest BCUT2D eigenvalue weighted by Crippen LogP contribution is 2.36. The van der Waals surface area contributed by atoms with Crippen LogP contribution in [0.1, 0.15) is 85.0 Å². The second-order valence-electron chi connectivity index (χ2n) is 23.1. The van der Waals surface area contributed by atoms with E-state index in [1.165, 1.54) is 29.1 Å². The van der Waals surface area contributed by atoms with E-state index in [1.54, 1.807) is 4.57 Å². The van der Waals surface area contributed by atoms with Gasteiger partial charge >= 0.3 is 12.1 Å². The fourth-order valence-corrected chi connectivity index (χ4v) is 10.2. The molecular formula is C54H78N16O8. The van der Waals surface area contributed by atoms with Gasteiger partial charge in [0.05, 0.1) is 19.3 Å². The zero-order chi connectivity index (χ0) is 56.3. The first-order valence-electron chi connectivity index (χ1n) is 26.6. The number of aliphatic hydroxyl groups excluding tert-OH is 3. The van der Waals surface area contributed by atoms with Crippen molar-refractivity contribution in [1.29, 1.82) is 0 Å². The molecule has 24 heteroatoms. The molecule has 24 nitrogen and oxygen atoms in total. The molecule has 0 bridgehead atoms. The van der Waals surface area contributed by atoms with E-state index in [1.807, 2.05) is 81.2 Å². The topological polar surface area (TPSA) is 327 Å². The number of aliphatic hydroxyl groups is 4. The smallest absolute Gasteiger partial charge is 0.319 e. The van der Waals surface area contributed by atoms with E-state index < -0.39 is 47.9 Å². The van der Waals surface area contributed by atoms with Gasteiger partial charge in [-0.25, -0.2) is 39.5 Å². The van der Waals surface area contributed by atoms with Gasteiger partial charge in [-0.15, -0.1) is 0 Å². The maximum Gasteiger partial charge on any atom is 0.319 e. The molecule has 0 aliphatic carbocycles. The predicted octanol–water partition coefficient (Wildman–Crippen LogP) is 3.53. The molecule has 2 aromatic carbocycles. The molecule has 2 fully saturated rings. The third kappa shape index (κ3) is 13.3. The number of amides is 4. The Morgan fingerprint density at radius 2 is 1.44 bits per heavy atom. The number of imidazole rings is 2. The summed E-state index contributed by atoms with van der Waals surface area (Å²) < 4.78 is 15.2. The molecule has 0 saturated carbocycles. The normalized spacial score (nSPS) is 22.3. The summed E-state index contributed by atoms with van der Waals surface area (Å²) >= 11 is 0. The van der Waals surface area contributed by atoms with Crippen LogP contribution in [-0.4, -0.2) is 171 Å². The van der Waals surface area contributed by atoms with Crippen molar-refractivity contribution in [2.75, 3.05) is 81.6 Å². The number of nitrogens with one attached hydrogen (secondary N) is 4. The van der Waals surface area contributed by atoms with Crippen LogP contribution in [0.25, 0.3) is 22.3 Å². The van der Waals surface area contributed by atoms with E-state index in [0.29, 0.717) is 92.9 Å². The van der Waals surface area contributed by atoms with E-state index in [2.05, 4.69) is 85.7 Å². The zero-order valence-corrected chi connectivity index (χ0v) is 46.1. The van der Waals surface area contributed by atoms with Crippen LogP contribution in [0.2, 0.25) is 0 Å². The monoisotopic (exact) mass is 1080 g/mol. The van der Waals surface area contributed by atoms with E-state index in [9.17, 15) is 30.0 Å². The molecule has 2 aliphatic heterocycles.